The number of carbonyl (C=O) groups is 1. The molecule has 4 nitrogen and oxygen atoms in total. The Balaban J connectivity index is 1.46. The van der Waals surface area contributed by atoms with Gasteiger partial charge in [-0.05, 0) is 41.2 Å². The van der Waals surface area contributed by atoms with Gasteiger partial charge in [0.05, 0.1) is 23.4 Å². The lowest BCUT2D eigenvalue weighted by atomic mass is 9.71. The van der Waals surface area contributed by atoms with Gasteiger partial charge >= 0.3 is 12.4 Å². The van der Waals surface area contributed by atoms with Crippen LogP contribution < -0.4 is 5.32 Å². The fraction of sp³-hybridized carbons (Fsp3) is 0.333. The zero-order valence-corrected chi connectivity index (χ0v) is 23.6. The van der Waals surface area contributed by atoms with Gasteiger partial charge in [-0.3, -0.25) is 4.79 Å². The van der Waals surface area contributed by atoms with E-state index in [0.29, 0.717) is 24.0 Å². The second kappa shape index (κ2) is 11.5. The van der Waals surface area contributed by atoms with Crippen LogP contribution in [0.1, 0.15) is 78.7 Å². The molecule has 0 saturated carbocycles. The van der Waals surface area contributed by atoms with Crippen molar-refractivity contribution in [2.75, 3.05) is 5.32 Å². The van der Waals surface area contributed by atoms with Gasteiger partial charge in [-0.2, -0.15) is 31.4 Å². The minimum absolute atomic E-state index is 0.00839. The fourth-order valence-corrected chi connectivity index (χ4v) is 6.07. The van der Waals surface area contributed by atoms with Crippen molar-refractivity contribution in [2.24, 2.45) is 0 Å². The summed E-state index contributed by atoms with van der Waals surface area (Å²) in [5.41, 5.74) is 0.543. The molecular formula is C33H31F6N3O. The summed E-state index contributed by atoms with van der Waals surface area (Å²) in [6.07, 6.45) is -7.10. The molecule has 0 amide bonds. The molecule has 1 aliphatic heterocycles. The Hall–Kier alpha value is -4.08. The van der Waals surface area contributed by atoms with Gasteiger partial charge in [0.2, 0.25) is 0 Å². The van der Waals surface area contributed by atoms with Gasteiger partial charge in [0.1, 0.15) is 5.82 Å². The van der Waals surface area contributed by atoms with Gasteiger partial charge in [-0.25, -0.2) is 4.68 Å². The lowest BCUT2D eigenvalue weighted by molar-refractivity contribution is -0.173. The lowest BCUT2D eigenvalue weighted by Crippen LogP contribution is -2.36. The molecule has 4 aromatic rings. The van der Waals surface area contributed by atoms with E-state index in [-0.39, 0.29) is 35.6 Å². The molecule has 1 aliphatic rings. The Bertz CT molecular complexity index is 1570. The molecule has 226 valence electrons. The van der Waals surface area contributed by atoms with Crippen molar-refractivity contribution in [3.8, 4) is 11.1 Å². The van der Waals surface area contributed by atoms with Crippen molar-refractivity contribution in [3.05, 3.63) is 107 Å². The summed E-state index contributed by atoms with van der Waals surface area (Å²) in [6.45, 7) is 3.83. The van der Waals surface area contributed by atoms with Crippen LogP contribution in [0, 0.1) is 0 Å². The van der Waals surface area contributed by atoms with Crippen LogP contribution in [0.2, 0.25) is 0 Å². The third kappa shape index (κ3) is 5.92. The summed E-state index contributed by atoms with van der Waals surface area (Å²) in [5, 5.41) is 7.14. The molecule has 2 heterocycles. The predicted molar refractivity (Wildman–Crippen MR) is 153 cm³/mol. The highest BCUT2D eigenvalue weighted by atomic mass is 19.4. The van der Waals surface area contributed by atoms with Crippen LogP contribution in [0.3, 0.4) is 0 Å². The number of benzene rings is 3. The van der Waals surface area contributed by atoms with Crippen LogP contribution in [-0.4, -0.2) is 21.7 Å². The molecule has 0 fully saturated rings. The third-order valence-electron chi connectivity index (χ3n) is 8.63. The fourth-order valence-electron chi connectivity index (χ4n) is 6.07. The van der Waals surface area contributed by atoms with E-state index in [4.69, 9.17) is 0 Å². The number of hydrogen-bond donors (Lipinski definition) is 1. The summed E-state index contributed by atoms with van der Waals surface area (Å²) < 4.78 is 84.1. The highest BCUT2D eigenvalue weighted by molar-refractivity contribution is 6.01. The predicted octanol–water partition coefficient (Wildman–Crippen LogP) is 9.56. The van der Waals surface area contributed by atoms with Crippen LogP contribution >= 0.6 is 0 Å². The Morgan fingerprint density at radius 3 is 2.12 bits per heavy atom. The Morgan fingerprint density at radius 2 is 1.51 bits per heavy atom. The first-order chi connectivity index (χ1) is 20.4. The standard InChI is InChI=1S/C33H31F6N3O/c1-3-31(4-2,23-16-14-21(15-17-23)24-12-8-9-13-26(24)32(34,35)36)19-28(43)25-20-40-42-29(33(37,38)39)18-27(41-30(25)42)22-10-6-5-7-11-22/h5-17,20,27,29,41H,3-4,18-19H2,1-2H3. The van der Waals surface area contributed by atoms with Gasteiger partial charge in [-0.15, -0.1) is 0 Å². The number of carbonyl (C=O) groups excluding carboxylic acids is 1. The molecule has 2 atom stereocenters. The van der Waals surface area contributed by atoms with E-state index in [1.165, 1.54) is 18.3 Å². The zero-order valence-electron chi connectivity index (χ0n) is 23.6. The van der Waals surface area contributed by atoms with Crippen LogP contribution in [0.25, 0.3) is 11.1 Å². The largest absolute Gasteiger partial charge is 0.417 e. The molecule has 2 unspecified atom stereocenters. The molecule has 3 aromatic carbocycles. The SMILES string of the molecule is CCC(CC)(CC(=O)c1cnn2c1NC(c1ccccc1)CC2C(F)(F)F)c1ccc(-c2ccccc2C(F)(F)F)cc1. The monoisotopic (exact) mass is 599 g/mol. The number of Topliss-reactive ketones (excluding diaryl/α,β-unsaturated/α-hetero) is 1. The molecule has 0 spiro atoms. The van der Waals surface area contributed by atoms with E-state index in [9.17, 15) is 31.1 Å². The normalized spacial score (nSPS) is 17.3. The molecule has 10 heteroatoms. The van der Waals surface area contributed by atoms with Crippen molar-refractivity contribution in [1.82, 2.24) is 9.78 Å². The van der Waals surface area contributed by atoms with Crippen LogP contribution in [0.4, 0.5) is 32.2 Å². The van der Waals surface area contributed by atoms with Gasteiger partial charge in [0.25, 0.3) is 0 Å². The van der Waals surface area contributed by atoms with E-state index in [1.54, 1.807) is 60.7 Å². The molecule has 5 rings (SSSR count). The maximum atomic E-state index is 14.1. The van der Waals surface area contributed by atoms with Crippen molar-refractivity contribution in [2.45, 2.75) is 69.4 Å². The second-order valence-corrected chi connectivity index (χ2v) is 11.0. The van der Waals surface area contributed by atoms with Gasteiger partial charge in [0, 0.05) is 18.3 Å². The van der Waals surface area contributed by atoms with Gasteiger partial charge in [-0.1, -0.05) is 86.6 Å². The number of fused-ring (bicyclic) bond motifs is 1. The van der Waals surface area contributed by atoms with Gasteiger partial charge in [0.15, 0.2) is 11.8 Å². The quantitative estimate of drug-likeness (QED) is 0.162. The summed E-state index contributed by atoms with van der Waals surface area (Å²) in [6, 6.07) is 18.3. The number of alkyl halides is 6. The molecule has 0 radical (unpaired) electrons. The molecular weight excluding hydrogens is 568 g/mol. The average molecular weight is 600 g/mol. The summed E-state index contributed by atoms with van der Waals surface area (Å²) >= 11 is 0. The molecule has 43 heavy (non-hydrogen) atoms. The second-order valence-electron chi connectivity index (χ2n) is 11.0. The Labute approximate surface area is 245 Å². The number of halogens is 6. The average Bonchev–Trinajstić information content (AvgIpc) is 3.43. The molecule has 0 aliphatic carbocycles. The molecule has 1 aromatic heterocycles. The van der Waals surface area contributed by atoms with Crippen LogP contribution in [0.5, 0.6) is 0 Å². The topological polar surface area (TPSA) is 46.9 Å². The van der Waals surface area contributed by atoms with Crippen LogP contribution in [-0.2, 0) is 11.6 Å². The third-order valence-corrected chi connectivity index (χ3v) is 8.63. The molecule has 0 saturated heterocycles. The molecule has 0 bridgehead atoms. The summed E-state index contributed by atoms with van der Waals surface area (Å²) in [7, 11) is 0. The minimum Gasteiger partial charge on any atom is -0.363 e. The van der Waals surface area contributed by atoms with E-state index in [1.807, 2.05) is 13.8 Å². The number of ketones is 1. The number of rotatable bonds is 8. The van der Waals surface area contributed by atoms with Crippen molar-refractivity contribution in [3.63, 3.8) is 0 Å². The van der Waals surface area contributed by atoms with E-state index in [0.717, 1.165) is 16.3 Å². The number of aromatic nitrogens is 2. The van der Waals surface area contributed by atoms with Crippen molar-refractivity contribution >= 4 is 11.6 Å². The number of nitrogens with zero attached hydrogens (tertiary/aromatic N) is 2. The number of anilines is 1. The first kappa shape index (κ1) is 30.4. The van der Waals surface area contributed by atoms with Crippen molar-refractivity contribution < 1.29 is 31.1 Å². The first-order valence-electron chi connectivity index (χ1n) is 14.1. The zero-order chi connectivity index (χ0) is 31.0. The summed E-state index contributed by atoms with van der Waals surface area (Å²) in [5.74, 6) is -0.328. The minimum atomic E-state index is -4.57. The first-order valence-corrected chi connectivity index (χ1v) is 14.1. The van der Waals surface area contributed by atoms with E-state index < -0.39 is 35.4 Å². The lowest BCUT2D eigenvalue weighted by Gasteiger charge is -2.35. The van der Waals surface area contributed by atoms with Gasteiger partial charge < -0.3 is 5.32 Å². The number of nitrogens with one attached hydrogen (secondary N) is 1. The number of hydrogen-bond acceptors (Lipinski definition) is 3. The highest BCUT2D eigenvalue weighted by Gasteiger charge is 2.47. The van der Waals surface area contributed by atoms with Crippen LogP contribution in [0.15, 0.2) is 85.1 Å². The maximum absolute atomic E-state index is 14.1. The highest BCUT2D eigenvalue weighted by Crippen LogP contribution is 2.46. The maximum Gasteiger partial charge on any atom is 0.417 e. The van der Waals surface area contributed by atoms with E-state index in [2.05, 4.69) is 10.4 Å². The van der Waals surface area contributed by atoms with E-state index >= 15 is 0 Å². The Kier molecular flexibility index (Phi) is 8.15. The van der Waals surface area contributed by atoms with Crippen molar-refractivity contribution in [1.29, 1.82) is 0 Å². The molecule has 1 N–H and O–H groups in total. The smallest absolute Gasteiger partial charge is 0.363 e. The Morgan fingerprint density at radius 1 is 0.884 bits per heavy atom. The summed E-state index contributed by atoms with van der Waals surface area (Å²) in [4.78, 5) is 13.8.